The molecule has 1 N–H and O–H groups in total. The monoisotopic (exact) mass is 339 g/mol. The predicted octanol–water partition coefficient (Wildman–Crippen LogP) is 3.43. The third-order valence-electron chi connectivity index (χ3n) is 3.86. The van der Waals surface area contributed by atoms with Crippen LogP contribution in [-0.4, -0.2) is 32.5 Å². The van der Waals surface area contributed by atoms with E-state index in [1.54, 1.807) is 31.4 Å². The predicted molar refractivity (Wildman–Crippen MR) is 95.6 cm³/mol. The van der Waals surface area contributed by atoms with E-state index in [-0.39, 0.29) is 18.1 Å². The summed E-state index contributed by atoms with van der Waals surface area (Å²) in [5.41, 5.74) is 2.03. The summed E-state index contributed by atoms with van der Waals surface area (Å²) in [7, 11) is 1.55. The molecule has 3 aromatic rings. The number of aromatic hydroxyl groups is 1. The standard InChI is InChI=1S/C19H21N3O3/c1-12(2)9-14(24)11-22-17-8-7-13(23)10-16(17)21-19(22)15-5-4-6-18(20-15)25-3/h4-8,10,12,23H,9,11H2,1-3H3. The van der Waals surface area contributed by atoms with E-state index < -0.39 is 0 Å². The molecule has 0 fully saturated rings. The number of ketones is 1. The number of pyridine rings is 1. The highest BCUT2D eigenvalue weighted by Crippen LogP contribution is 2.27. The molecular formula is C19H21N3O3. The summed E-state index contributed by atoms with van der Waals surface area (Å²) in [6.45, 7) is 4.26. The van der Waals surface area contributed by atoms with Crippen molar-refractivity contribution in [2.75, 3.05) is 7.11 Å². The van der Waals surface area contributed by atoms with Crippen LogP contribution in [0.15, 0.2) is 36.4 Å². The van der Waals surface area contributed by atoms with Gasteiger partial charge in [0.15, 0.2) is 11.6 Å². The Morgan fingerprint density at radius 3 is 2.76 bits per heavy atom. The molecule has 6 nitrogen and oxygen atoms in total. The number of phenolic OH excluding ortho intramolecular Hbond substituents is 1. The van der Waals surface area contributed by atoms with Crippen LogP contribution in [0, 0.1) is 5.92 Å². The van der Waals surface area contributed by atoms with Crippen molar-refractivity contribution in [2.24, 2.45) is 5.92 Å². The summed E-state index contributed by atoms with van der Waals surface area (Å²) < 4.78 is 7.04. The van der Waals surface area contributed by atoms with Gasteiger partial charge in [-0.1, -0.05) is 19.9 Å². The fourth-order valence-electron chi connectivity index (χ4n) is 2.82. The lowest BCUT2D eigenvalue weighted by Crippen LogP contribution is -2.13. The molecule has 2 aromatic heterocycles. The second-order valence-corrected chi connectivity index (χ2v) is 6.40. The Kier molecular flexibility index (Phi) is 4.70. The van der Waals surface area contributed by atoms with Crippen molar-refractivity contribution in [1.29, 1.82) is 0 Å². The maximum atomic E-state index is 12.4. The highest BCUT2D eigenvalue weighted by Gasteiger charge is 2.17. The normalized spacial score (nSPS) is 11.2. The van der Waals surface area contributed by atoms with Crippen molar-refractivity contribution >= 4 is 16.8 Å². The average molecular weight is 339 g/mol. The Bertz CT molecular complexity index is 915. The number of phenols is 1. The van der Waals surface area contributed by atoms with Crippen LogP contribution in [0.25, 0.3) is 22.6 Å². The number of carbonyl (C=O) groups is 1. The summed E-state index contributed by atoms with van der Waals surface area (Å²) in [6.07, 6.45) is 0.503. The Balaban J connectivity index is 2.12. The number of hydrogen-bond donors (Lipinski definition) is 1. The Labute approximate surface area is 146 Å². The molecule has 6 heteroatoms. The van der Waals surface area contributed by atoms with Gasteiger partial charge in [0.05, 0.1) is 24.7 Å². The minimum atomic E-state index is 0.131. The fraction of sp³-hybridized carbons (Fsp3) is 0.316. The van der Waals surface area contributed by atoms with Crippen molar-refractivity contribution in [2.45, 2.75) is 26.8 Å². The second kappa shape index (κ2) is 6.93. The minimum Gasteiger partial charge on any atom is -0.508 e. The maximum Gasteiger partial charge on any atom is 0.213 e. The molecule has 2 heterocycles. The number of carbonyl (C=O) groups excluding carboxylic acids is 1. The van der Waals surface area contributed by atoms with Crippen LogP contribution >= 0.6 is 0 Å². The number of imidazole rings is 1. The zero-order chi connectivity index (χ0) is 18.0. The van der Waals surface area contributed by atoms with Gasteiger partial charge in [-0.25, -0.2) is 9.97 Å². The molecule has 1 aromatic carbocycles. The molecule has 3 rings (SSSR count). The maximum absolute atomic E-state index is 12.4. The molecule has 0 aliphatic rings. The molecule has 0 atom stereocenters. The Morgan fingerprint density at radius 2 is 2.04 bits per heavy atom. The zero-order valence-corrected chi connectivity index (χ0v) is 14.6. The van der Waals surface area contributed by atoms with Crippen molar-refractivity contribution in [3.8, 4) is 23.1 Å². The first-order valence-corrected chi connectivity index (χ1v) is 8.20. The lowest BCUT2D eigenvalue weighted by atomic mass is 10.1. The smallest absolute Gasteiger partial charge is 0.213 e. The molecular weight excluding hydrogens is 318 g/mol. The van der Waals surface area contributed by atoms with Crippen molar-refractivity contribution in [1.82, 2.24) is 14.5 Å². The van der Waals surface area contributed by atoms with E-state index in [0.717, 1.165) is 5.52 Å². The molecule has 0 saturated carbocycles. The number of fused-ring (bicyclic) bond motifs is 1. The summed E-state index contributed by atoms with van der Waals surface area (Å²) in [4.78, 5) is 21.4. The van der Waals surface area contributed by atoms with Gasteiger partial charge < -0.3 is 14.4 Å². The van der Waals surface area contributed by atoms with Crippen LogP contribution in [-0.2, 0) is 11.3 Å². The van der Waals surface area contributed by atoms with Crippen LogP contribution in [0.1, 0.15) is 20.3 Å². The van der Waals surface area contributed by atoms with Crippen LogP contribution in [0.4, 0.5) is 0 Å². The number of ether oxygens (including phenoxy) is 1. The minimum absolute atomic E-state index is 0.131. The lowest BCUT2D eigenvalue weighted by Gasteiger charge is -2.10. The van der Waals surface area contributed by atoms with Gasteiger partial charge in [-0.05, 0) is 24.1 Å². The van der Waals surface area contributed by atoms with Crippen molar-refractivity contribution in [3.05, 3.63) is 36.4 Å². The third kappa shape index (κ3) is 3.63. The van der Waals surface area contributed by atoms with Gasteiger partial charge in [-0.3, -0.25) is 4.79 Å². The zero-order valence-electron chi connectivity index (χ0n) is 14.6. The summed E-state index contributed by atoms with van der Waals surface area (Å²) >= 11 is 0. The number of methoxy groups -OCH3 is 1. The van der Waals surface area contributed by atoms with Crippen LogP contribution in [0.3, 0.4) is 0 Å². The Hall–Kier alpha value is -2.89. The van der Waals surface area contributed by atoms with Crippen molar-refractivity contribution in [3.63, 3.8) is 0 Å². The summed E-state index contributed by atoms with van der Waals surface area (Å²) in [5.74, 6) is 1.62. The number of aromatic nitrogens is 3. The van der Waals surface area contributed by atoms with Crippen LogP contribution < -0.4 is 4.74 Å². The van der Waals surface area contributed by atoms with E-state index in [1.165, 1.54) is 0 Å². The van der Waals surface area contributed by atoms with E-state index in [9.17, 15) is 9.90 Å². The van der Waals surface area contributed by atoms with Gasteiger partial charge in [0.25, 0.3) is 0 Å². The highest BCUT2D eigenvalue weighted by molar-refractivity contribution is 5.85. The van der Waals surface area contributed by atoms with E-state index in [1.807, 2.05) is 30.5 Å². The quantitative estimate of drug-likeness (QED) is 0.744. The average Bonchev–Trinajstić information content (AvgIpc) is 2.91. The van der Waals surface area contributed by atoms with Gasteiger partial charge in [0, 0.05) is 18.6 Å². The largest absolute Gasteiger partial charge is 0.508 e. The molecule has 0 aliphatic carbocycles. The van der Waals surface area contributed by atoms with Gasteiger partial charge in [0.2, 0.25) is 5.88 Å². The molecule has 0 saturated heterocycles. The van der Waals surface area contributed by atoms with Gasteiger partial charge >= 0.3 is 0 Å². The van der Waals surface area contributed by atoms with E-state index in [2.05, 4.69) is 9.97 Å². The first kappa shape index (κ1) is 17.0. The van der Waals surface area contributed by atoms with E-state index in [0.29, 0.717) is 35.3 Å². The topological polar surface area (TPSA) is 77.2 Å². The molecule has 0 amide bonds. The van der Waals surface area contributed by atoms with Gasteiger partial charge in [-0.2, -0.15) is 0 Å². The molecule has 0 bridgehead atoms. The van der Waals surface area contributed by atoms with Crippen LogP contribution in [0.2, 0.25) is 0 Å². The molecule has 0 aliphatic heterocycles. The van der Waals surface area contributed by atoms with Crippen LogP contribution in [0.5, 0.6) is 11.6 Å². The number of hydrogen-bond acceptors (Lipinski definition) is 5. The molecule has 130 valence electrons. The van der Waals surface area contributed by atoms with Crippen molar-refractivity contribution < 1.29 is 14.6 Å². The van der Waals surface area contributed by atoms with Gasteiger partial charge in [-0.15, -0.1) is 0 Å². The number of rotatable bonds is 6. The first-order chi connectivity index (χ1) is 12.0. The third-order valence-corrected chi connectivity index (χ3v) is 3.86. The summed E-state index contributed by atoms with van der Waals surface area (Å²) in [6, 6.07) is 10.4. The highest BCUT2D eigenvalue weighted by atomic mass is 16.5. The SMILES string of the molecule is COc1cccc(-c2nc3cc(O)ccc3n2CC(=O)CC(C)C)n1. The molecule has 25 heavy (non-hydrogen) atoms. The van der Waals surface area contributed by atoms with E-state index in [4.69, 9.17) is 4.74 Å². The molecule has 0 unspecified atom stereocenters. The number of Topliss-reactive ketones (excluding diaryl/α,β-unsaturated/α-hetero) is 1. The molecule has 0 radical (unpaired) electrons. The van der Waals surface area contributed by atoms with E-state index >= 15 is 0 Å². The molecule has 0 spiro atoms. The Morgan fingerprint density at radius 1 is 1.24 bits per heavy atom. The second-order valence-electron chi connectivity index (χ2n) is 6.40. The van der Waals surface area contributed by atoms with Gasteiger partial charge in [0.1, 0.15) is 11.4 Å². The lowest BCUT2D eigenvalue weighted by molar-refractivity contribution is -0.120. The summed E-state index contributed by atoms with van der Waals surface area (Å²) in [5, 5.41) is 9.73. The number of nitrogens with zero attached hydrogens (tertiary/aromatic N) is 3. The first-order valence-electron chi connectivity index (χ1n) is 8.20. The number of benzene rings is 1. The fourth-order valence-corrected chi connectivity index (χ4v) is 2.82.